The van der Waals surface area contributed by atoms with Gasteiger partial charge in [-0.05, 0) is 115 Å². The van der Waals surface area contributed by atoms with Crippen LogP contribution in [0, 0.1) is 20.8 Å². The maximum Gasteiger partial charge on any atom is 0.339 e. The molecule has 0 N–H and O–H groups in total. The number of carbonyl (C=O) groups is 1. The van der Waals surface area contributed by atoms with E-state index >= 15 is 0 Å². The molecule has 5 heterocycles. The van der Waals surface area contributed by atoms with Crippen LogP contribution in [0.2, 0.25) is 0 Å². The average molecular weight is 666 g/mol. The molecule has 1 saturated heterocycles. The number of esters is 1. The van der Waals surface area contributed by atoms with E-state index in [0.29, 0.717) is 6.61 Å². The monoisotopic (exact) mass is 665 g/mol. The molecule has 2 aromatic carbocycles. The highest BCUT2D eigenvalue weighted by Gasteiger charge is 2.37. The van der Waals surface area contributed by atoms with Crippen molar-refractivity contribution in [2.45, 2.75) is 98.1 Å². The highest BCUT2D eigenvalue weighted by Crippen LogP contribution is 2.41. The highest BCUT2D eigenvalue weighted by atomic mass is 16.6. The Kier molecular flexibility index (Phi) is 9.66. The molecule has 0 spiro atoms. The Balaban J connectivity index is 1.56. The highest BCUT2D eigenvalue weighted by molar-refractivity contribution is 5.82. The van der Waals surface area contributed by atoms with Crippen molar-refractivity contribution in [1.29, 1.82) is 0 Å². The predicted octanol–water partition coefficient (Wildman–Crippen LogP) is 8.73. The van der Waals surface area contributed by atoms with Gasteiger partial charge in [0.25, 0.3) is 0 Å². The summed E-state index contributed by atoms with van der Waals surface area (Å²) >= 11 is 0. The zero-order valence-electron chi connectivity index (χ0n) is 30.6. The number of anilines is 1. The maximum atomic E-state index is 13.5. The van der Waals surface area contributed by atoms with Crippen molar-refractivity contribution in [3.63, 3.8) is 0 Å². The molecular formula is C41H51N3O5. The molecule has 7 rings (SSSR count). The van der Waals surface area contributed by atoms with Gasteiger partial charge in [0, 0.05) is 42.4 Å². The van der Waals surface area contributed by atoms with Crippen LogP contribution in [0.1, 0.15) is 82.2 Å². The molecule has 0 saturated carbocycles. The third-order valence-corrected chi connectivity index (χ3v) is 9.80. The maximum absolute atomic E-state index is 13.5. The van der Waals surface area contributed by atoms with Gasteiger partial charge in [-0.2, -0.15) is 0 Å². The van der Waals surface area contributed by atoms with Crippen LogP contribution in [-0.2, 0) is 19.0 Å². The number of piperidine rings is 1. The van der Waals surface area contributed by atoms with Crippen molar-refractivity contribution >= 4 is 17.4 Å². The number of nitrogens with zero attached hydrogens (tertiary/aromatic N) is 3. The molecule has 0 unspecified atom stereocenters. The van der Waals surface area contributed by atoms with Crippen LogP contribution >= 0.6 is 0 Å². The minimum absolute atomic E-state index is 0.00455. The van der Waals surface area contributed by atoms with Crippen molar-refractivity contribution in [2.24, 2.45) is 0 Å². The van der Waals surface area contributed by atoms with E-state index in [1.807, 2.05) is 33.8 Å². The first-order chi connectivity index (χ1) is 23.2. The minimum atomic E-state index is -0.913. The fourth-order valence-electron chi connectivity index (χ4n) is 6.88. The quantitative estimate of drug-likeness (QED) is 0.160. The summed E-state index contributed by atoms with van der Waals surface area (Å²) in [5, 5.41) is 0. The third-order valence-electron chi connectivity index (χ3n) is 9.80. The molecule has 49 heavy (non-hydrogen) atoms. The van der Waals surface area contributed by atoms with E-state index in [-0.39, 0.29) is 11.7 Å². The molecular weight excluding hydrogens is 614 g/mol. The van der Waals surface area contributed by atoms with Crippen molar-refractivity contribution < 1.29 is 23.7 Å². The zero-order valence-corrected chi connectivity index (χ0v) is 30.6. The van der Waals surface area contributed by atoms with Crippen LogP contribution in [0.15, 0.2) is 60.8 Å². The van der Waals surface area contributed by atoms with E-state index < -0.39 is 17.7 Å². The van der Waals surface area contributed by atoms with E-state index in [4.69, 9.17) is 23.9 Å². The van der Waals surface area contributed by atoms with Gasteiger partial charge in [-0.1, -0.05) is 30.4 Å². The first-order valence-corrected chi connectivity index (χ1v) is 17.5. The third kappa shape index (κ3) is 7.41. The number of aryl methyl sites for hydroxylation is 3. The van der Waals surface area contributed by atoms with E-state index in [9.17, 15) is 4.79 Å². The number of imidazole rings is 1. The topological polar surface area (TPSA) is 74.5 Å². The van der Waals surface area contributed by atoms with Crippen molar-refractivity contribution in [3.8, 4) is 28.1 Å². The predicted molar refractivity (Wildman–Crippen MR) is 196 cm³/mol. The lowest BCUT2D eigenvalue weighted by Gasteiger charge is -2.41. The molecule has 0 aliphatic carbocycles. The Hall–Kier alpha value is -4.14. The van der Waals surface area contributed by atoms with Gasteiger partial charge in [0.1, 0.15) is 17.2 Å². The molecule has 1 fully saturated rings. The van der Waals surface area contributed by atoms with Gasteiger partial charge in [0.2, 0.25) is 0 Å². The number of hydrogen-bond donors (Lipinski definition) is 0. The van der Waals surface area contributed by atoms with Gasteiger partial charge in [-0.15, -0.1) is 0 Å². The van der Waals surface area contributed by atoms with Crippen LogP contribution in [0.4, 0.5) is 5.82 Å². The molecule has 3 aliphatic rings. The second kappa shape index (κ2) is 13.6. The van der Waals surface area contributed by atoms with Gasteiger partial charge >= 0.3 is 5.97 Å². The van der Waals surface area contributed by atoms with Crippen molar-refractivity contribution in [3.05, 3.63) is 83.1 Å². The van der Waals surface area contributed by atoms with Crippen LogP contribution in [0.3, 0.4) is 0 Å². The fourth-order valence-corrected chi connectivity index (χ4v) is 6.88. The number of pyridine rings is 1. The summed E-state index contributed by atoms with van der Waals surface area (Å²) in [5.41, 5.74) is 8.03. The number of fused-ring (bicyclic) bond motifs is 7. The lowest BCUT2D eigenvalue weighted by Crippen LogP contribution is -2.45. The molecule has 6 bridgehead atoms. The Morgan fingerprint density at radius 1 is 1.00 bits per heavy atom. The number of methoxy groups -OCH3 is 1. The molecule has 2 aromatic heterocycles. The second-order valence-corrected chi connectivity index (χ2v) is 14.9. The van der Waals surface area contributed by atoms with Gasteiger partial charge in [-0.3, -0.25) is 4.40 Å². The lowest BCUT2D eigenvalue weighted by molar-refractivity contribution is -0.164. The Bertz CT molecular complexity index is 1880. The summed E-state index contributed by atoms with van der Waals surface area (Å²) in [6.45, 7) is 18.5. The summed E-state index contributed by atoms with van der Waals surface area (Å²) in [7, 11) is 1.42. The summed E-state index contributed by atoms with van der Waals surface area (Å²) < 4.78 is 27.0. The van der Waals surface area contributed by atoms with Crippen LogP contribution in [-0.4, -0.2) is 59.5 Å². The van der Waals surface area contributed by atoms with Gasteiger partial charge in [0.15, 0.2) is 6.10 Å². The van der Waals surface area contributed by atoms with Crippen LogP contribution < -0.4 is 9.64 Å². The first-order valence-electron chi connectivity index (χ1n) is 17.5. The molecule has 4 aromatic rings. The van der Waals surface area contributed by atoms with Crippen molar-refractivity contribution in [1.82, 2.24) is 9.38 Å². The second-order valence-electron chi connectivity index (χ2n) is 14.9. The molecule has 3 aliphatic heterocycles. The molecule has 2 atom stereocenters. The van der Waals surface area contributed by atoms with E-state index in [1.54, 1.807) is 0 Å². The van der Waals surface area contributed by atoms with E-state index in [1.165, 1.54) is 18.2 Å². The summed E-state index contributed by atoms with van der Waals surface area (Å²) in [6.07, 6.45) is 7.89. The zero-order chi connectivity index (χ0) is 35.1. The molecule has 8 nitrogen and oxygen atoms in total. The number of ether oxygens (including phenoxy) is 4. The molecule has 260 valence electrons. The summed E-state index contributed by atoms with van der Waals surface area (Å²) in [4.78, 5) is 21.0. The number of benzene rings is 2. The number of rotatable bonds is 3. The van der Waals surface area contributed by atoms with Crippen LogP contribution in [0.25, 0.3) is 28.0 Å². The summed E-state index contributed by atoms with van der Waals surface area (Å²) in [5.74, 6) is 1.35. The minimum Gasteiger partial charge on any atom is -0.490 e. The van der Waals surface area contributed by atoms with Gasteiger partial charge in [0.05, 0.1) is 36.7 Å². The van der Waals surface area contributed by atoms with Gasteiger partial charge in [-0.25, -0.2) is 9.78 Å². The fraction of sp³-hybridized carbons (Fsp3) is 0.463. The SMILES string of the molecule is COC(=O)[C@@H](OC(C)(C)C)c1c(C)cc2nc3cn2c1N1CCC(C)(CC1)OC/C=C/C[C@H](C)Oc1cc(C)c(C)cc1-c1cccc-3c1. The number of hydrogen-bond acceptors (Lipinski definition) is 7. The molecule has 0 amide bonds. The number of aromatic nitrogens is 2. The Morgan fingerprint density at radius 2 is 1.71 bits per heavy atom. The Labute approximate surface area is 291 Å². The smallest absolute Gasteiger partial charge is 0.339 e. The normalized spacial score (nSPS) is 21.2. The molecule has 8 heteroatoms. The molecule has 0 radical (unpaired) electrons. The number of carbonyl (C=O) groups excluding carboxylic acids is 1. The lowest BCUT2D eigenvalue weighted by atomic mass is 9.92. The van der Waals surface area contributed by atoms with E-state index in [0.717, 1.165) is 83.1 Å². The van der Waals surface area contributed by atoms with Gasteiger partial charge < -0.3 is 23.8 Å². The summed E-state index contributed by atoms with van der Waals surface area (Å²) in [6, 6.07) is 14.9. The van der Waals surface area contributed by atoms with E-state index in [2.05, 4.69) is 91.7 Å². The Morgan fingerprint density at radius 3 is 2.43 bits per heavy atom. The largest absolute Gasteiger partial charge is 0.490 e. The first kappa shape index (κ1) is 34.7. The average Bonchev–Trinajstić information content (AvgIpc) is 3.47. The van der Waals surface area contributed by atoms with Crippen LogP contribution in [0.5, 0.6) is 5.75 Å². The van der Waals surface area contributed by atoms with Crippen molar-refractivity contribution in [2.75, 3.05) is 31.7 Å². The standard InChI is InChI=1S/C41H51N3O5/c1-26-21-32-30-14-12-15-31(24-30)33-25-44-35(42-33)23-28(3)36(37(39(45)46-9)49-40(5,6)7)38(44)43-18-16-41(8,17-19-43)47-20-11-10-13-29(4)48-34(32)22-27(26)2/h10-12,14-15,21-25,29,37H,13,16-20H2,1-9H3/b11-10+/t29-,37-/m0/s1.